The lowest BCUT2D eigenvalue weighted by Crippen LogP contribution is -2.34. The first kappa shape index (κ1) is 21.4. The summed E-state index contributed by atoms with van der Waals surface area (Å²) in [6.07, 6.45) is 5.09. The number of carbonyl (C=O) groups excluding carboxylic acids is 1. The maximum absolute atomic E-state index is 12.9. The van der Waals surface area contributed by atoms with Crippen LogP contribution in [-0.4, -0.2) is 27.9 Å². The number of terminal acetylenes is 1. The second-order valence-electron chi connectivity index (χ2n) is 6.09. The van der Waals surface area contributed by atoms with Gasteiger partial charge in [-0.25, -0.2) is 8.78 Å². The van der Waals surface area contributed by atoms with Crippen LogP contribution in [0.1, 0.15) is 46.1 Å². The minimum atomic E-state index is -2.84. The van der Waals surface area contributed by atoms with E-state index >= 15 is 0 Å². The fourth-order valence-electron chi connectivity index (χ4n) is 2.44. The molecule has 0 fully saturated rings. The quantitative estimate of drug-likeness (QED) is 0.432. The molecule has 2 rings (SSSR count). The highest BCUT2D eigenvalue weighted by Crippen LogP contribution is 2.23. The summed E-state index contributed by atoms with van der Waals surface area (Å²) in [4.78, 5) is 17.4. The molecular weight excluding hydrogens is 390 g/mol. The molecule has 0 saturated carbocycles. The molecular formula is C19H19ClF2N4O2. The van der Waals surface area contributed by atoms with Crippen LogP contribution in [0.2, 0.25) is 5.02 Å². The molecule has 0 saturated heterocycles. The Hall–Kier alpha value is -2.92. The molecule has 6 nitrogen and oxygen atoms in total. The number of rotatable bonds is 7. The summed E-state index contributed by atoms with van der Waals surface area (Å²) in [5, 5.41) is 10.4. The molecule has 1 unspecified atom stereocenters. The first-order valence-electron chi connectivity index (χ1n) is 8.26. The largest absolute Gasteiger partial charge is 0.391 e. The Morgan fingerprint density at radius 2 is 2.25 bits per heavy atom. The third-order valence-corrected chi connectivity index (χ3v) is 4.16. The van der Waals surface area contributed by atoms with Crippen molar-refractivity contribution < 1.29 is 18.4 Å². The van der Waals surface area contributed by atoms with Gasteiger partial charge in [0.05, 0.1) is 17.8 Å². The average molecular weight is 409 g/mol. The van der Waals surface area contributed by atoms with Gasteiger partial charge in [0.25, 0.3) is 12.3 Å². The van der Waals surface area contributed by atoms with Gasteiger partial charge in [0.2, 0.25) is 0 Å². The standard InChI is InChI=1S/C19H19ClF2N4O2/c1-5-13-6-11(2)15(16(20)7-13)10-28-23-8-12(3)24-19(27)14-9-26(4)25-17(14)18(21)22/h1,6-9,12,18H,10H2,2-4H3,(H,24,27)/b23-8+. The van der Waals surface area contributed by atoms with Gasteiger partial charge in [0.1, 0.15) is 12.3 Å². The zero-order valence-electron chi connectivity index (χ0n) is 15.5. The number of aryl methyl sites for hydroxylation is 2. The second-order valence-corrected chi connectivity index (χ2v) is 6.50. The molecule has 1 aromatic carbocycles. The zero-order valence-corrected chi connectivity index (χ0v) is 16.3. The average Bonchev–Trinajstić information content (AvgIpc) is 3.02. The molecule has 148 valence electrons. The van der Waals surface area contributed by atoms with Crippen molar-refractivity contribution in [2.45, 2.75) is 32.9 Å². The van der Waals surface area contributed by atoms with E-state index in [4.69, 9.17) is 22.9 Å². The fourth-order valence-corrected chi connectivity index (χ4v) is 2.76. The maximum atomic E-state index is 12.9. The van der Waals surface area contributed by atoms with Crippen LogP contribution in [0.5, 0.6) is 0 Å². The van der Waals surface area contributed by atoms with E-state index in [0.717, 1.165) is 15.8 Å². The van der Waals surface area contributed by atoms with Crippen LogP contribution in [0.15, 0.2) is 23.5 Å². The first-order valence-corrected chi connectivity index (χ1v) is 8.64. The van der Waals surface area contributed by atoms with Crippen LogP contribution in [0, 0.1) is 19.3 Å². The number of benzene rings is 1. The number of hydrogen-bond donors (Lipinski definition) is 1. The highest BCUT2D eigenvalue weighted by molar-refractivity contribution is 6.31. The van der Waals surface area contributed by atoms with E-state index in [9.17, 15) is 13.6 Å². The van der Waals surface area contributed by atoms with Crippen LogP contribution >= 0.6 is 11.6 Å². The molecule has 9 heteroatoms. The Balaban J connectivity index is 1.94. The molecule has 1 amide bonds. The van der Waals surface area contributed by atoms with Crippen molar-refractivity contribution in [2.75, 3.05) is 0 Å². The lowest BCUT2D eigenvalue weighted by Gasteiger charge is -2.10. The first-order chi connectivity index (χ1) is 13.2. The van der Waals surface area contributed by atoms with E-state index in [2.05, 4.69) is 21.5 Å². The van der Waals surface area contributed by atoms with Crippen LogP contribution in [0.4, 0.5) is 8.78 Å². The van der Waals surface area contributed by atoms with E-state index in [-0.39, 0.29) is 12.2 Å². The molecule has 2 aromatic rings. The van der Waals surface area contributed by atoms with Gasteiger partial charge in [-0.1, -0.05) is 22.7 Å². The van der Waals surface area contributed by atoms with Gasteiger partial charge >= 0.3 is 0 Å². The fraction of sp³-hybridized carbons (Fsp3) is 0.316. The summed E-state index contributed by atoms with van der Waals surface area (Å²) in [7, 11) is 1.46. The number of halogens is 3. The van der Waals surface area contributed by atoms with Gasteiger partial charge in [-0.15, -0.1) is 6.42 Å². The molecule has 1 heterocycles. The monoisotopic (exact) mass is 408 g/mol. The van der Waals surface area contributed by atoms with Crippen molar-refractivity contribution in [2.24, 2.45) is 12.2 Å². The molecule has 0 aliphatic carbocycles. The number of oxime groups is 1. The number of carbonyl (C=O) groups is 1. The maximum Gasteiger partial charge on any atom is 0.282 e. The van der Waals surface area contributed by atoms with Crippen LogP contribution in [0.25, 0.3) is 0 Å². The van der Waals surface area contributed by atoms with Crippen molar-refractivity contribution in [3.05, 3.63) is 51.3 Å². The molecule has 0 aliphatic rings. The number of amides is 1. The molecule has 1 aromatic heterocycles. The van der Waals surface area contributed by atoms with Crippen molar-refractivity contribution >= 4 is 23.7 Å². The predicted molar refractivity (Wildman–Crippen MR) is 102 cm³/mol. The van der Waals surface area contributed by atoms with E-state index in [0.29, 0.717) is 10.6 Å². The minimum absolute atomic E-state index is 0.116. The Morgan fingerprint density at radius 1 is 1.54 bits per heavy atom. The molecule has 1 atom stereocenters. The predicted octanol–water partition coefficient (Wildman–Crippen LogP) is 3.62. The Labute approximate surface area is 166 Å². The number of alkyl halides is 2. The Bertz CT molecular complexity index is 911. The summed E-state index contributed by atoms with van der Waals surface area (Å²) in [5.41, 5.74) is 1.53. The summed E-state index contributed by atoms with van der Waals surface area (Å²) >= 11 is 6.18. The van der Waals surface area contributed by atoms with E-state index < -0.39 is 24.1 Å². The smallest absolute Gasteiger partial charge is 0.282 e. The topological polar surface area (TPSA) is 68.5 Å². The van der Waals surface area contributed by atoms with Crippen molar-refractivity contribution in [1.29, 1.82) is 0 Å². The molecule has 0 aliphatic heterocycles. The third kappa shape index (κ3) is 5.30. The van der Waals surface area contributed by atoms with Crippen LogP contribution in [0.3, 0.4) is 0 Å². The summed E-state index contributed by atoms with van der Waals surface area (Å²) < 4.78 is 27.0. The number of hydrogen-bond acceptors (Lipinski definition) is 4. The molecule has 28 heavy (non-hydrogen) atoms. The summed E-state index contributed by atoms with van der Waals surface area (Å²) in [6.45, 7) is 3.60. The molecule has 0 bridgehead atoms. The lowest BCUT2D eigenvalue weighted by molar-refractivity contribution is 0.0933. The van der Waals surface area contributed by atoms with Gasteiger partial charge in [0, 0.05) is 29.4 Å². The van der Waals surface area contributed by atoms with E-state index in [1.165, 1.54) is 19.5 Å². The zero-order chi connectivity index (χ0) is 20.8. The summed E-state index contributed by atoms with van der Waals surface area (Å²) in [5.74, 6) is 1.84. The highest BCUT2D eigenvalue weighted by Gasteiger charge is 2.23. The summed E-state index contributed by atoms with van der Waals surface area (Å²) in [6, 6.07) is 2.92. The Kier molecular flexibility index (Phi) is 7.12. The van der Waals surface area contributed by atoms with Crippen LogP contribution in [-0.2, 0) is 18.5 Å². The van der Waals surface area contributed by atoms with Gasteiger partial charge in [-0.05, 0) is 31.5 Å². The molecule has 0 radical (unpaired) electrons. The minimum Gasteiger partial charge on any atom is -0.391 e. The van der Waals surface area contributed by atoms with E-state index in [1.54, 1.807) is 13.0 Å². The van der Waals surface area contributed by atoms with Crippen molar-refractivity contribution in [3.8, 4) is 12.3 Å². The van der Waals surface area contributed by atoms with Crippen molar-refractivity contribution in [1.82, 2.24) is 15.1 Å². The highest BCUT2D eigenvalue weighted by atomic mass is 35.5. The van der Waals surface area contributed by atoms with Gasteiger partial charge in [0.15, 0.2) is 0 Å². The van der Waals surface area contributed by atoms with Crippen molar-refractivity contribution in [3.63, 3.8) is 0 Å². The third-order valence-electron chi connectivity index (χ3n) is 3.82. The Morgan fingerprint density at radius 3 is 2.86 bits per heavy atom. The van der Waals surface area contributed by atoms with Gasteiger partial charge in [-0.3, -0.25) is 9.48 Å². The van der Waals surface area contributed by atoms with Crippen LogP contribution < -0.4 is 5.32 Å². The number of nitrogens with one attached hydrogen (secondary N) is 1. The SMILES string of the molecule is C#Cc1cc(C)c(CO/N=C/C(C)NC(=O)c2cn(C)nc2C(F)F)c(Cl)c1. The van der Waals surface area contributed by atoms with Gasteiger partial charge in [-0.2, -0.15) is 5.10 Å². The van der Waals surface area contributed by atoms with Gasteiger partial charge < -0.3 is 10.2 Å². The van der Waals surface area contributed by atoms with E-state index in [1.807, 2.05) is 13.0 Å². The lowest BCUT2D eigenvalue weighted by atomic mass is 10.1. The molecule has 0 spiro atoms. The number of nitrogens with zero attached hydrogens (tertiary/aromatic N) is 3. The normalized spacial score (nSPS) is 12.2. The number of aromatic nitrogens is 2. The molecule has 1 N–H and O–H groups in total. The second kappa shape index (κ2) is 9.33.